The third-order valence-corrected chi connectivity index (χ3v) is 6.43. The van der Waals surface area contributed by atoms with Gasteiger partial charge in [0.1, 0.15) is 11.7 Å². The first-order chi connectivity index (χ1) is 10.4. The fourth-order valence-electron chi connectivity index (χ4n) is 3.72. The molecule has 3 atom stereocenters. The largest absolute Gasteiger partial charge is 0.360 e. The minimum Gasteiger partial charge on any atom is -0.360 e. The Bertz CT molecular complexity index is 627. The van der Waals surface area contributed by atoms with E-state index in [1.807, 2.05) is 0 Å². The number of benzene rings is 1. The summed E-state index contributed by atoms with van der Waals surface area (Å²) in [5.74, 6) is 0. The van der Waals surface area contributed by atoms with Crippen LogP contribution < -0.4 is 0 Å². The zero-order valence-electron chi connectivity index (χ0n) is 13.2. The van der Waals surface area contributed by atoms with E-state index in [0.717, 1.165) is 38.5 Å². The van der Waals surface area contributed by atoms with Gasteiger partial charge < -0.3 is 4.74 Å². The third-order valence-electron chi connectivity index (χ3n) is 5.09. The van der Waals surface area contributed by atoms with Gasteiger partial charge in [-0.15, -0.1) is 0 Å². The number of hydrogen-bond donors (Lipinski definition) is 0. The van der Waals surface area contributed by atoms with Crippen LogP contribution in [0.1, 0.15) is 52.4 Å². The lowest BCUT2D eigenvalue weighted by Crippen LogP contribution is -2.34. The van der Waals surface area contributed by atoms with Gasteiger partial charge in [0, 0.05) is 0 Å². The van der Waals surface area contributed by atoms with Crippen LogP contribution in [-0.2, 0) is 19.0 Å². The van der Waals surface area contributed by atoms with Crippen molar-refractivity contribution in [2.75, 3.05) is 0 Å². The van der Waals surface area contributed by atoms with Gasteiger partial charge >= 0.3 is 0 Å². The van der Waals surface area contributed by atoms with Gasteiger partial charge in [-0.05, 0) is 38.3 Å². The van der Waals surface area contributed by atoms with Crippen LogP contribution in [0.15, 0.2) is 35.2 Å². The highest BCUT2D eigenvalue weighted by molar-refractivity contribution is 7.86. The summed E-state index contributed by atoms with van der Waals surface area (Å²) in [6.07, 6.45) is 5.46. The molecule has 1 aliphatic heterocycles. The Hall–Kier alpha value is -0.910. The SMILES string of the molecule is CCCCC[C@@]12O[C@]1(C)CC[C@@H]2OS(=O)(=O)c1ccccc1. The third kappa shape index (κ3) is 2.59. The van der Waals surface area contributed by atoms with Crippen LogP contribution in [0.4, 0.5) is 0 Å². The molecule has 0 spiro atoms. The molecule has 5 heteroatoms. The van der Waals surface area contributed by atoms with Gasteiger partial charge in [0.25, 0.3) is 10.1 Å². The summed E-state index contributed by atoms with van der Waals surface area (Å²) in [5, 5.41) is 0. The molecule has 122 valence electrons. The van der Waals surface area contributed by atoms with E-state index in [9.17, 15) is 8.42 Å². The van der Waals surface area contributed by atoms with E-state index in [0.29, 0.717) is 0 Å². The molecule has 22 heavy (non-hydrogen) atoms. The van der Waals surface area contributed by atoms with Gasteiger partial charge in [-0.1, -0.05) is 44.4 Å². The Morgan fingerprint density at radius 1 is 1.27 bits per heavy atom. The van der Waals surface area contributed by atoms with Crippen molar-refractivity contribution in [1.82, 2.24) is 0 Å². The van der Waals surface area contributed by atoms with Crippen molar-refractivity contribution in [3.05, 3.63) is 30.3 Å². The summed E-state index contributed by atoms with van der Waals surface area (Å²) in [7, 11) is -3.73. The Morgan fingerprint density at radius 2 is 2.00 bits per heavy atom. The summed E-state index contributed by atoms with van der Waals surface area (Å²) in [6.45, 7) is 4.24. The summed E-state index contributed by atoms with van der Waals surface area (Å²) in [5.41, 5.74) is -0.596. The molecule has 1 aromatic carbocycles. The maximum atomic E-state index is 12.5. The molecular formula is C17H24O4S. The Morgan fingerprint density at radius 3 is 2.64 bits per heavy atom. The molecule has 0 N–H and O–H groups in total. The van der Waals surface area contributed by atoms with E-state index in [-0.39, 0.29) is 16.6 Å². The quantitative estimate of drug-likeness (QED) is 0.436. The molecule has 0 aromatic heterocycles. The molecule has 1 heterocycles. The van der Waals surface area contributed by atoms with E-state index < -0.39 is 15.7 Å². The van der Waals surface area contributed by atoms with Gasteiger partial charge in [0.15, 0.2) is 0 Å². The highest BCUT2D eigenvalue weighted by atomic mass is 32.2. The summed E-state index contributed by atoms with van der Waals surface area (Å²) in [4.78, 5) is 0.216. The summed E-state index contributed by atoms with van der Waals surface area (Å²) < 4.78 is 36.5. The lowest BCUT2D eigenvalue weighted by atomic mass is 9.91. The fourth-order valence-corrected chi connectivity index (χ4v) is 4.88. The van der Waals surface area contributed by atoms with Gasteiger partial charge in [0.2, 0.25) is 0 Å². The van der Waals surface area contributed by atoms with Crippen LogP contribution >= 0.6 is 0 Å². The monoisotopic (exact) mass is 324 g/mol. The molecule has 1 saturated heterocycles. The van der Waals surface area contributed by atoms with Crippen molar-refractivity contribution in [3.63, 3.8) is 0 Å². The topological polar surface area (TPSA) is 55.9 Å². The van der Waals surface area contributed by atoms with Crippen LogP contribution in [-0.4, -0.2) is 25.7 Å². The molecule has 4 nitrogen and oxygen atoms in total. The first-order valence-corrected chi connectivity index (χ1v) is 9.53. The predicted octanol–water partition coefficient (Wildman–Crippen LogP) is 3.66. The van der Waals surface area contributed by atoms with Crippen molar-refractivity contribution in [1.29, 1.82) is 0 Å². The van der Waals surface area contributed by atoms with E-state index >= 15 is 0 Å². The minimum absolute atomic E-state index is 0.197. The first-order valence-electron chi connectivity index (χ1n) is 8.12. The van der Waals surface area contributed by atoms with E-state index in [4.69, 9.17) is 8.92 Å². The van der Waals surface area contributed by atoms with E-state index in [2.05, 4.69) is 13.8 Å². The zero-order chi connectivity index (χ0) is 15.8. The Balaban J connectivity index is 1.75. The summed E-state index contributed by atoms with van der Waals surface area (Å²) in [6, 6.07) is 8.35. The number of ether oxygens (including phenoxy) is 1. The molecular weight excluding hydrogens is 300 g/mol. The van der Waals surface area contributed by atoms with E-state index in [1.54, 1.807) is 30.3 Å². The van der Waals surface area contributed by atoms with Crippen molar-refractivity contribution >= 4 is 10.1 Å². The number of unbranched alkanes of at least 4 members (excludes halogenated alkanes) is 2. The van der Waals surface area contributed by atoms with Crippen molar-refractivity contribution < 1.29 is 17.3 Å². The van der Waals surface area contributed by atoms with Crippen LogP contribution in [0.5, 0.6) is 0 Å². The molecule has 2 aliphatic rings. The molecule has 0 amide bonds. The lowest BCUT2D eigenvalue weighted by Gasteiger charge is -2.21. The molecule has 0 bridgehead atoms. The standard InChI is InChI=1S/C17H24O4S/c1-3-4-8-12-17-15(11-13-16(17,2)21-17)20-22(18,19)14-9-6-5-7-10-14/h5-7,9-10,15H,3-4,8,11-13H2,1-2H3/t15-,16+,17-/m0/s1. The van der Waals surface area contributed by atoms with Crippen molar-refractivity contribution in [2.45, 2.75) is 74.6 Å². The maximum absolute atomic E-state index is 12.5. The normalized spacial score (nSPS) is 33.6. The second kappa shape index (κ2) is 5.62. The first kappa shape index (κ1) is 16.0. The predicted molar refractivity (Wildman–Crippen MR) is 84.1 cm³/mol. The van der Waals surface area contributed by atoms with Crippen LogP contribution in [0.25, 0.3) is 0 Å². The molecule has 2 fully saturated rings. The average Bonchev–Trinajstić information content (AvgIpc) is 3.02. The fraction of sp³-hybridized carbons (Fsp3) is 0.647. The average molecular weight is 324 g/mol. The van der Waals surface area contributed by atoms with Crippen LogP contribution in [0.3, 0.4) is 0 Å². The molecule has 3 rings (SSSR count). The number of fused-ring (bicyclic) bond motifs is 1. The number of rotatable bonds is 7. The summed E-state index contributed by atoms with van der Waals surface area (Å²) >= 11 is 0. The Kier molecular flexibility index (Phi) is 4.08. The second-order valence-corrected chi connectivity index (χ2v) is 8.14. The molecule has 0 unspecified atom stereocenters. The molecule has 1 aliphatic carbocycles. The van der Waals surface area contributed by atoms with Crippen molar-refractivity contribution in [2.24, 2.45) is 0 Å². The van der Waals surface area contributed by atoms with Gasteiger partial charge in [-0.25, -0.2) is 0 Å². The second-order valence-electron chi connectivity index (χ2n) is 6.57. The van der Waals surface area contributed by atoms with Gasteiger partial charge in [-0.3, -0.25) is 4.18 Å². The highest BCUT2D eigenvalue weighted by Crippen LogP contribution is 2.63. The molecule has 1 saturated carbocycles. The van der Waals surface area contributed by atoms with E-state index in [1.165, 1.54) is 0 Å². The minimum atomic E-state index is -3.73. The highest BCUT2D eigenvalue weighted by Gasteiger charge is 2.74. The zero-order valence-corrected chi connectivity index (χ0v) is 14.1. The Labute approximate surface area is 132 Å². The maximum Gasteiger partial charge on any atom is 0.297 e. The van der Waals surface area contributed by atoms with Crippen molar-refractivity contribution in [3.8, 4) is 0 Å². The van der Waals surface area contributed by atoms with Crippen LogP contribution in [0, 0.1) is 0 Å². The van der Waals surface area contributed by atoms with Gasteiger partial charge in [-0.2, -0.15) is 8.42 Å². The number of epoxide rings is 1. The van der Waals surface area contributed by atoms with Crippen LogP contribution in [0.2, 0.25) is 0 Å². The molecule has 1 aromatic rings. The smallest absolute Gasteiger partial charge is 0.297 e. The number of hydrogen-bond acceptors (Lipinski definition) is 4. The molecule has 0 radical (unpaired) electrons. The van der Waals surface area contributed by atoms with Gasteiger partial charge in [0.05, 0.1) is 10.5 Å². The lowest BCUT2D eigenvalue weighted by molar-refractivity contribution is 0.0796.